The molecule has 2 heterocycles. The second-order valence-electron chi connectivity index (χ2n) is 4.15. The molecule has 0 fully saturated rings. The molecule has 1 aromatic heterocycles. The van der Waals surface area contributed by atoms with Gasteiger partial charge in [-0.2, -0.15) is 4.39 Å². The van der Waals surface area contributed by atoms with Crippen LogP contribution in [0.3, 0.4) is 0 Å². The van der Waals surface area contributed by atoms with Gasteiger partial charge in [-0.3, -0.25) is 10.1 Å². The van der Waals surface area contributed by atoms with Gasteiger partial charge in [0, 0.05) is 29.8 Å². The number of hydrogen-bond acceptors (Lipinski definition) is 2. The Bertz CT molecular complexity index is 673. The minimum atomic E-state index is -0.791. The van der Waals surface area contributed by atoms with E-state index < -0.39 is 16.4 Å². The van der Waals surface area contributed by atoms with Gasteiger partial charge in [0.1, 0.15) is 0 Å². The van der Waals surface area contributed by atoms with Crippen LogP contribution in [0.15, 0.2) is 24.8 Å². The van der Waals surface area contributed by atoms with Crippen molar-refractivity contribution in [3.8, 4) is 0 Å². The molecule has 2 aromatic rings. The second-order valence-corrected chi connectivity index (χ2v) is 4.15. The molecular weight excluding hydrogens is 223 g/mol. The summed E-state index contributed by atoms with van der Waals surface area (Å²) in [5, 5.41) is 11.3. The summed E-state index contributed by atoms with van der Waals surface area (Å²) in [4.78, 5) is 9.94. The van der Waals surface area contributed by atoms with E-state index >= 15 is 0 Å². The van der Waals surface area contributed by atoms with Gasteiger partial charge in [-0.25, -0.2) is 0 Å². The van der Waals surface area contributed by atoms with Crippen LogP contribution >= 0.6 is 0 Å². The van der Waals surface area contributed by atoms with Crippen LogP contribution in [0.5, 0.6) is 0 Å². The molecule has 0 aliphatic carbocycles. The number of aromatic nitrogens is 1. The summed E-state index contributed by atoms with van der Waals surface area (Å²) in [5.74, 6) is -0.791. The van der Waals surface area contributed by atoms with Gasteiger partial charge in [-0.1, -0.05) is 6.58 Å². The van der Waals surface area contributed by atoms with E-state index in [2.05, 4.69) is 6.58 Å². The average Bonchev–Trinajstić information content (AvgIpc) is 2.78. The quantitative estimate of drug-likeness (QED) is 0.560. The highest BCUT2D eigenvalue weighted by atomic mass is 19.1. The number of fused-ring (bicyclic) bond motifs is 3. The van der Waals surface area contributed by atoms with E-state index in [0.29, 0.717) is 10.9 Å². The van der Waals surface area contributed by atoms with Crippen LogP contribution < -0.4 is 0 Å². The molecular formula is C12H9FN2O2. The average molecular weight is 232 g/mol. The van der Waals surface area contributed by atoms with Crippen molar-refractivity contribution in [1.82, 2.24) is 4.57 Å². The number of nitro groups is 1. The van der Waals surface area contributed by atoms with E-state index in [9.17, 15) is 14.5 Å². The molecule has 0 bridgehead atoms. The van der Waals surface area contributed by atoms with E-state index in [1.165, 1.54) is 12.1 Å². The maximum absolute atomic E-state index is 13.5. The van der Waals surface area contributed by atoms with Crippen LogP contribution in [-0.2, 0) is 6.54 Å². The van der Waals surface area contributed by atoms with Crippen LogP contribution in [-0.4, -0.2) is 9.49 Å². The van der Waals surface area contributed by atoms with Crippen LogP contribution in [0.1, 0.15) is 12.1 Å². The Hall–Kier alpha value is -2.17. The van der Waals surface area contributed by atoms with E-state index in [-0.39, 0.29) is 0 Å². The van der Waals surface area contributed by atoms with Gasteiger partial charge in [-0.05, 0) is 18.1 Å². The molecule has 0 amide bonds. The van der Waals surface area contributed by atoms with Crippen molar-refractivity contribution in [2.45, 2.75) is 13.0 Å². The molecule has 0 radical (unpaired) electrons. The fourth-order valence-corrected chi connectivity index (χ4v) is 2.32. The molecule has 17 heavy (non-hydrogen) atoms. The van der Waals surface area contributed by atoms with E-state index in [1.807, 2.05) is 10.6 Å². The summed E-state index contributed by atoms with van der Waals surface area (Å²) in [5.41, 5.74) is 2.15. The lowest BCUT2D eigenvalue weighted by Crippen LogP contribution is -1.95. The van der Waals surface area contributed by atoms with Crippen molar-refractivity contribution in [1.29, 1.82) is 0 Å². The topological polar surface area (TPSA) is 48.1 Å². The number of halogens is 1. The molecule has 1 aliphatic rings. The Morgan fingerprint density at radius 1 is 1.41 bits per heavy atom. The van der Waals surface area contributed by atoms with Gasteiger partial charge in [0.2, 0.25) is 5.82 Å². The SMILES string of the molecule is C=C1CCn2c1cc1cc([N+](=O)[O-])c(F)cc12. The van der Waals surface area contributed by atoms with Gasteiger partial charge in [0.25, 0.3) is 0 Å². The highest BCUT2D eigenvalue weighted by Gasteiger charge is 2.22. The van der Waals surface area contributed by atoms with Gasteiger partial charge in [0.15, 0.2) is 0 Å². The first-order valence-corrected chi connectivity index (χ1v) is 5.23. The molecule has 3 rings (SSSR count). The first kappa shape index (κ1) is 10.0. The Kier molecular flexibility index (Phi) is 1.86. The Morgan fingerprint density at radius 3 is 2.88 bits per heavy atom. The molecule has 0 saturated heterocycles. The zero-order valence-electron chi connectivity index (χ0n) is 8.94. The monoisotopic (exact) mass is 232 g/mol. The van der Waals surface area contributed by atoms with E-state index in [4.69, 9.17) is 0 Å². The molecule has 0 unspecified atom stereocenters. The number of nitrogens with zero attached hydrogens (tertiary/aromatic N) is 2. The summed E-state index contributed by atoms with van der Waals surface area (Å²) >= 11 is 0. The molecule has 0 N–H and O–H groups in total. The molecule has 0 spiro atoms. The van der Waals surface area contributed by atoms with Crippen LogP contribution in [0.25, 0.3) is 16.5 Å². The number of rotatable bonds is 1. The van der Waals surface area contributed by atoms with Crippen molar-refractivity contribution in [2.75, 3.05) is 0 Å². The first-order chi connectivity index (χ1) is 8.08. The van der Waals surface area contributed by atoms with Crippen molar-refractivity contribution in [3.05, 3.63) is 46.4 Å². The predicted octanol–water partition coefficient (Wildman–Crippen LogP) is 3.11. The first-order valence-electron chi connectivity index (χ1n) is 5.23. The smallest absolute Gasteiger partial charge is 0.305 e. The van der Waals surface area contributed by atoms with Crippen LogP contribution in [0, 0.1) is 15.9 Å². The summed E-state index contributed by atoms with van der Waals surface area (Å²) in [6.07, 6.45) is 0.851. The van der Waals surface area contributed by atoms with E-state index in [0.717, 1.165) is 24.2 Å². The van der Waals surface area contributed by atoms with E-state index in [1.54, 1.807) is 0 Å². The highest BCUT2D eigenvalue weighted by molar-refractivity contribution is 5.88. The lowest BCUT2D eigenvalue weighted by atomic mass is 10.1. The Labute approximate surface area is 96.1 Å². The maximum atomic E-state index is 13.5. The fourth-order valence-electron chi connectivity index (χ4n) is 2.32. The zero-order valence-corrected chi connectivity index (χ0v) is 8.94. The lowest BCUT2D eigenvalue weighted by molar-refractivity contribution is -0.387. The molecule has 4 nitrogen and oxygen atoms in total. The summed E-state index contributed by atoms with van der Waals surface area (Å²) in [6.45, 7) is 4.68. The van der Waals surface area contributed by atoms with Gasteiger partial charge >= 0.3 is 5.69 Å². The molecule has 1 aromatic carbocycles. The standard InChI is InChI=1S/C12H9FN2O2/c1-7-2-3-14-10(7)4-8-5-12(15(16)17)9(13)6-11(8)14/h4-6H,1-3H2. The van der Waals surface area contributed by atoms with Crippen molar-refractivity contribution < 1.29 is 9.31 Å². The molecule has 0 saturated carbocycles. The Morgan fingerprint density at radius 2 is 2.18 bits per heavy atom. The normalized spacial score (nSPS) is 14.3. The highest BCUT2D eigenvalue weighted by Crippen LogP contribution is 2.34. The molecule has 86 valence electrons. The Balaban J connectivity index is 2.34. The number of nitro benzene ring substituents is 1. The van der Waals surface area contributed by atoms with Gasteiger partial charge in [-0.15, -0.1) is 0 Å². The largest absolute Gasteiger partial charge is 0.340 e. The summed E-state index contributed by atoms with van der Waals surface area (Å²) < 4.78 is 15.5. The van der Waals surface area contributed by atoms with Crippen molar-refractivity contribution in [2.24, 2.45) is 0 Å². The van der Waals surface area contributed by atoms with Crippen molar-refractivity contribution >= 4 is 22.2 Å². The zero-order chi connectivity index (χ0) is 12.2. The maximum Gasteiger partial charge on any atom is 0.305 e. The summed E-state index contributed by atoms with van der Waals surface area (Å²) in [6, 6.07) is 4.34. The minimum absolute atomic E-state index is 0.479. The van der Waals surface area contributed by atoms with Crippen LogP contribution in [0.2, 0.25) is 0 Å². The third-order valence-corrected chi connectivity index (χ3v) is 3.17. The summed E-state index contributed by atoms with van der Waals surface area (Å²) in [7, 11) is 0. The molecule has 5 heteroatoms. The van der Waals surface area contributed by atoms with Crippen molar-refractivity contribution in [3.63, 3.8) is 0 Å². The van der Waals surface area contributed by atoms with Gasteiger partial charge in [0.05, 0.1) is 10.4 Å². The number of allylic oxidation sites excluding steroid dienone is 1. The predicted molar refractivity (Wildman–Crippen MR) is 62.2 cm³/mol. The molecule has 1 aliphatic heterocycles. The second kappa shape index (κ2) is 3.16. The fraction of sp³-hybridized carbons (Fsp3) is 0.167. The van der Waals surface area contributed by atoms with Gasteiger partial charge < -0.3 is 4.57 Å². The minimum Gasteiger partial charge on any atom is -0.340 e. The number of benzene rings is 1. The number of aryl methyl sites for hydroxylation is 1. The molecule has 0 atom stereocenters. The third kappa shape index (κ3) is 1.28. The third-order valence-electron chi connectivity index (χ3n) is 3.17. The number of hydrogen-bond donors (Lipinski definition) is 0. The van der Waals surface area contributed by atoms with Crippen LogP contribution in [0.4, 0.5) is 10.1 Å². The lowest BCUT2D eigenvalue weighted by Gasteiger charge is -2.00.